The summed E-state index contributed by atoms with van der Waals surface area (Å²) in [4.78, 5) is 10.9. The third-order valence-corrected chi connectivity index (χ3v) is 2.70. The van der Waals surface area contributed by atoms with Gasteiger partial charge in [0.1, 0.15) is 0 Å². The summed E-state index contributed by atoms with van der Waals surface area (Å²) in [5.74, 6) is 0. The van der Waals surface area contributed by atoms with Gasteiger partial charge in [0, 0.05) is 30.9 Å². The van der Waals surface area contributed by atoms with Crippen LogP contribution in [0.5, 0.6) is 0 Å². The predicted molar refractivity (Wildman–Crippen MR) is 56.3 cm³/mol. The highest BCUT2D eigenvalue weighted by molar-refractivity contribution is 5.60. The lowest BCUT2D eigenvalue weighted by atomic mass is 10.1. The topological polar surface area (TPSA) is 66.6 Å². The molecule has 18 heavy (non-hydrogen) atoms. The minimum Gasteiger partial charge on any atom is -0.389 e. The summed E-state index contributed by atoms with van der Waals surface area (Å²) in [5.41, 5.74) is -1.80. The van der Waals surface area contributed by atoms with E-state index in [0.717, 1.165) is 12.1 Å². The van der Waals surface area contributed by atoms with E-state index >= 15 is 0 Å². The number of hydrogen-bond acceptors (Lipinski definition) is 4. The van der Waals surface area contributed by atoms with Gasteiger partial charge >= 0.3 is 6.18 Å². The van der Waals surface area contributed by atoms with Crippen molar-refractivity contribution in [3.63, 3.8) is 0 Å². The minimum absolute atomic E-state index is 0.0981. The Morgan fingerprint density at radius 2 is 2.00 bits per heavy atom. The van der Waals surface area contributed by atoms with Gasteiger partial charge in [-0.25, -0.2) is 0 Å². The van der Waals surface area contributed by atoms with Crippen molar-refractivity contribution in [2.45, 2.75) is 12.3 Å². The summed E-state index contributed by atoms with van der Waals surface area (Å²) < 4.78 is 38.4. The molecule has 2 rings (SSSR count). The Morgan fingerprint density at radius 1 is 1.39 bits per heavy atom. The number of rotatable bonds is 2. The van der Waals surface area contributed by atoms with Crippen LogP contribution in [0.4, 0.5) is 24.5 Å². The second kappa shape index (κ2) is 4.13. The molecular formula is C10H9F3N2O3. The number of anilines is 1. The van der Waals surface area contributed by atoms with Gasteiger partial charge < -0.3 is 10.0 Å². The van der Waals surface area contributed by atoms with Crippen LogP contribution in [0.15, 0.2) is 18.2 Å². The van der Waals surface area contributed by atoms with Gasteiger partial charge in [0.2, 0.25) is 0 Å². The number of nitro groups is 1. The first kappa shape index (κ1) is 12.6. The zero-order valence-corrected chi connectivity index (χ0v) is 9.02. The number of alkyl halides is 3. The van der Waals surface area contributed by atoms with Crippen molar-refractivity contribution < 1.29 is 23.2 Å². The van der Waals surface area contributed by atoms with Crippen LogP contribution < -0.4 is 4.90 Å². The Morgan fingerprint density at radius 3 is 2.44 bits per heavy atom. The summed E-state index contributed by atoms with van der Waals surface area (Å²) in [5, 5.41) is 19.6. The Balaban J connectivity index is 2.43. The first-order valence-electron chi connectivity index (χ1n) is 5.07. The van der Waals surface area contributed by atoms with Crippen molar-refractivity contribution in [3.05, 3.63) is 33.9 Å². The highest BCUT2D eigenvalue weighted by Crippen LogP contribution is 2.39. The number of nitro benzene ring substituents is 1. The van der Waals surface area contributed by atoms with Gasteiger partial charge in [-0.1, -0.05) is 0 Å². The molecule has 1 aromatic carbocycles. The van der Waals surface area contributed by atoms with Crippen LogP contribution in [0.1, 0.15) is 5.56 Å². The van der Waals surface area contributed by atoms with Crippen molar-refractivity contribution in [2.75, 3.05) is 18.0 Å². The van der Waals surface area contributed by atoms with Crippen LogP contribution >= 0.6 is 0 Å². The highest BCUT2D eigenvalue weighted by atomic mass is 19.4. The molecule has 1 N–H and O–H groups in total. The van der Waals surface area contributed by atoms with E-state index in [2.05, 4.69) is 0 Å². The van der Waals surface area contributed by atoms with Crippen molar-refractivity contribution in [1.82, 2.24) is 0 Å². The van der Waals surface area contributed by atoms with E-state index in [0.29, 0.717) is 6.07 Å². The van der Waals surface area contributed by atoms with Crippen LogP contribution in [-0.2, 0) is 6.18 Å². The maximum Gasteiger partial charge on any atom is 0.418 e. The van der Waals surface area contributed by atoms with Gasteiger partial charge in [-0.3, -0.25) is 10.1 Å². The fourth-order valence-electron chi connectivity index (χ4n) is 1.79. The normalized spacial score (nSPS) is 16.6. The third kappa shape index (κ3) is 2.23. The molecule has 1 aliphatic heterocycles. The number of benzene rings is 1. The molecule has 0 amide bonds. The molecule has 5 nitrogen and oxygen atoms in total. The van der Waals surface area contributed by atoms with Crippen LogP contribution in [-0.4, -0.2) is 29.2 Å². The lowest BCUT2D eigenvalue weighted by Gasteiger charge is -2.39. The SMILES string of the molecule is O=[N+]([O-])c1ccc(N2CC(O)C2)c(C(F)(F)F)c1. The monoisotopic (exact) mass is 262 g/mol. The van der Waals surface area contributed by atoms with Crippen LogP contribution in [0.25, 0.3) is 0 Å². The molecule has 0 aromatic heterocycles. The lowest BCUT2D eigenvalue weighted by Crippen LogP contribution is -2.51. The summed E-state index contributed by atoms with van der Waals surface area (Å²) in [7, 11) is 0. The zero-order chi connectivity index (χ0) is 13.5. The number of aliphatic hydroxyl groups excluding tert-OH is 1. The molecule has 0 aliphatic carbocycles. The molecule has 8 heteroatoms. The van der Waals surface area contributed by atoms with Gasteiger partial charge in [-0.15, -0.1) is 0 Å². The molecule has 0 saturated carbocycles. The number of β-amino-alcohol motifs (C(OH)–C–C–N with tert-alkyl or cyclic N) is 1. The zero-order valence-electron chi connectivity index (χ0n) is 9.02. The number of nitrogens with zero attached hydrogens (tertiary/aromatic N) is 2. The lowest BCUT2D eigenvalue weighted by molar-refractivity contribution is -0.385. The van der Waals surface area contributed by atoms with Crippen molar-refractivity contribution in [3.8, 4) is 0 Å². The Bertz CT molecular complexity index is 484. The highest BCUT2D eigenvalue weighted by Gasteiger charge is 2.38. The molecule has 1 fully saturated rings. The summed E-state index contributed by atoms with van der Waals surface area (Å²) in [6, 6.07) is 2.60. The number of hydrogen-bond donors (Lipinski definition) is 1. The van der Waals surface area contributed by atoms with Gasteiger partial charge in [0.15, 0.2) is 0 Å². The van der Waals surface area contributed by atoms with Crippen molar-refractivity contribution in [1.29, 1.82) is 0 Å². The second-order valence-electron chi connectivity index (χ2n) is 4.02. The fourth-order valence-corrected chi connectivity index (χ4v) is 1.79. The third-order valence-electron chi connectivity index (χ3n) is 2.70. The summed E-state index contributed by atoms with van der Waals surface area (Å²) in [6.07, 6.45) is -5.32. The number of halogens is 3. The van der Waals surface area contributed by atoms with Crippen LogP contribution in [0.2, 0.25) is 0 Å². The predicted octanol–water partition coefficient (Wildman–Crippen LogP) is 1.79. The molecule has 1 aromatic rings. The van der Waals surface area contributed by atoms with E-state index in [1.807, 2.05) is 0 Å². The van der Waals surface area contributed by atoms with E-state index in [1.54, 1.807) is 0 Å². The average Bonchev–Trinajstić information content (AvgIpc) is 2.22. The molecule has 0 atom stereocenters. The molecule has 98 valence electrons. The molecule has 0 spiro atoms. The summed E-state index contributed by atoms with van der Waals surface area (Å²) >= 11 is 0. The largest absolute Gasteiger partial charge is 0.418 e. The van der Waals surface area contributed by atoms with Gasteiger partial charge in [0.25, 0.3) is 5.69 Å². The van der Waals surface area contributed by atoms with Gasteiger partial charge in [-0.05, 0) is 6.07 Å². The molecule has 0 bridgehead atoms. The van der Waals surface area contributed by atoms with Gasteiger partial charge in [-0.2, -0.15) is 13.2 Å². The van der Waals surface area contributed by atoms with Crippen LogP contribution in [0, 0.1) is 10.1 Å². The van der Waals surface area contributed by atoms with E-state index < -0.39 is 28.5 Å². The molecule has 0 unspecified atom stereocenters. The smallest absolute Gasteiger partial charge is 0.389 e. The number of non-ortho nitro benzene ring substituents is 1. The minimum atomic E-state index is -4.66. The van der Waals surface area contributed by atoms with E-state index in [9.17, 15) is 23.3 Å². The molecule has 1 aliphatic rings. The van der Waals surface area contributed by atoms with E-state index in [1.165, 1.54) is 4.90 Å². The quantitative estimate of drug-likeness (QED) is 0.651. The fraction of sp³-hybridized carbons (Fsp3) is 0.400. The van der Waals surface area contributed by atoms with Crippen molar-refractivity contribution in [2.24, 2.45) is 0 Å². The first-order valence-corrected chi connectivity index (χ1v) is 5.07. The molecule has 1 heterocycles. The Kier molecular flexibility index (Phi) is 2.89. The maximum atomic E-state index is 12.8. The molecule has 1 saturated heterocycles. The molecular weight excluding hydrogens is 253 g/mol. The van der Waals surface area contributed by atoms with E-state index in [-0.39, 0.29) is 18.8 Å². The second-order valence-corrected chi connectivity index (χ2v) is 4.02. The maximum absolute atomic E-state index is 12.8. The first-order chi connectivity index (χ1) is 8.29. The van der Waals surface area contributed by atoms with Gasteiger partial charge in [0.05, 0.1) is 16.6 Å². The van der Waals surface area contributed by atoms with Crippen LogP contribution in [0.3, 0.4) is 0 Å². The van der Waals surface area contributed by atoms with Crippen molar-refractivity contribution >= 4 is 11.4 Å². The Labute approximate surface area is 99.6 Å². The molecule has 0 radical (unpaired) electrons. The Hall–Kier alpha value is -1.83. The summed E-state index contributed by atoms with van der Waals surface area (Å²) in [6.45, 7) is 0.196. The number of aliphatic hydroxyl groups is 1. The standard InChI is InChI=1S/C10H9F3N2O3/c11-10(12,13)8-3-6(15(17)18)1-2-9(8)14-4-7(16)5-14/h1-3,7,16H,4-5H2. The average molecular weight is 262 g/mol. The van der Waals surface area contributed by atoms with E-state index in [4.69, 9.17) is 5.11 Å².